The first-order valence-electron chi connectivity index (χ1n) is 8.28. The average Bonchev–Trinajstić information content (AvgIpc) is 2.69. The van der Waals surface area contributed by atoms with Crippen molar-refractivity contribution in [2.24, 2.45) is 5.10 Å². The van der Waals surface area contributed by atoms with Gasteiger partial charge in [-0.25, -0.2) is 5.43 Å². The van der Waals surface area contributed by atoms with Gasteiger partial charge >= 0.3 is 0 Å². The zero-order chi connectivity index (χ0) is 19.9. The number of ether oxygens (including phenoxy) is 1. The number of amides is 1. The Hall–Kier alpha value is -2.34. The number of nitrogens with zero attached hydrogens (tertiary/aromatic N) is 1. The maximum absolute atomic E-state index is 12.2. The standard InChI is InChI=1S/C21H15BrCl2N2O2/c22-18-7-3-2-6-17(18)21(27)26-25-12-15-11-16(23)9-10-20(15)28-13-14-5-1-4-8-19(14)24/h1-12H,13H2,(H,26,27)/b25-12-. The fraction of sp³-hybridized carbons (Fsp3) is 0.0476. The predicted octanol–water partition coefficient (Wildman–Crippen LogP) is 6.10. The van der Waals surface area contributed by atoms with Crippen LogP contribution in [0.4, 0.5) is 0 Å². The van der Waals surface area contributed by atoms with Gasteiger partial charge in [-0.15, -0.1) is 0 Å². The van der Waals surface area contributed by atoms with E-state index in [0.717, 1.165) is 5.56 Å². The Balaban J connectivity index is 1.72. The molecule has 3 rings (SSSR count). The van der Waals surface area contributed by atoms with Crippen LogP contribution in [0.25, 0.3) is 0 Å². The minimum absolute atomic E-state index is 0.297. The van der Waals surface area contributed by atoms with E-state index in [1.54, 1.807) is 36.4 Å². The lowest BCUT2D eigenvalue weighted by Gasteiger charge is -2.10. The van der Waals surface area contributed by atoms with Gasteiger partial charge in [0.2, 0.25) is 0 Å². The van der Waals surface area contributed by atoms with E-state index < -0.39 is 0 Å². The lowest BCUT2D eigenvalue weighted by Crippen LogP contribution is -2.18. The van der Waals surface area contributed by atoms with E-state index in [2.05, 4.69) is 26.5 Å². The van der Waals surface area contributed by atoms with Crippen LogP contribution in [0.5, 0.6) is 5.75 Å². The lowest BCUT2D eigenvalue weighted by atomic mass is 10.2. The number of nitrogens with one attached hydrogen (secondary N) is 1. The van der Waals surface area contributed by atoms with E-state index in [-0.39, 0.29) is 5.91 Å². The monoisotopic (exact) mass is 476 g/mol. The quantitative estimate of drug-likeness (QED) is 0.344. The second-order valence-electron chi connectivity index (χ2n) is 5.74. The van der Waals surface area contributed by atoms with Crippen LogP contribution in [0.15, 0.2) is 76.3 Å². The Morgan fingerprint density at radius 1 is 1.07 bits per heavy atom. The number of hydrogen-bond donors (Lipinski definition) is 1. The Kier molecular flexibility index (Phi) is 7.09. The van der Waals surface area contributed by atoms with Crippen LogP contribution in [-0.4, -0.2) is 12.1 Å². The molecule has 7 heteroatoms. The summed E-state index contributed by atoms with van der Waals surface area (Å²) in [6.45, 7) is 0.297. The highest BCUT2D eigenvalue weighted by molar-refractivity contribution is 9.10. The zero-order valence-corrected chi connectivity index (χ0v) is 17.6. The molecule has 142 valence electrons. The van der Waals surface area contributed by atoms with E-state index in [4.69, 9.17) is 27.9 Å². The summed E-state index contributed by atoms with van der Waals surface area (Å²) in [7, 11) is 0. The highest BCUT2D eigenvalue weighted by Gasteiger charge is 2.09. The molecule has 0 heterocycles. The van der Waals surface area contributed by atoms with Crippen LogP contribution in [0.3, 0.4) is 0 Å². The molecule has 1 N–H and O–H groups in total. The van der Waals surface area contributed by atoms with Crippen LogP contribution >= 0.6 is 39.1 Å². The summed E-state index contributed by atoms with van der Waals surface area (Å²) >= 11 is 15.6. The van der Waals surface area contributed by atoms with Crippen molar-refractivity contribution in [3.63, 3.8) is 0 Å². The molecule has 3 aromatic carbocycles. The summed E-state index contributed by atoms with van der Waals surface area (Å²) in [5.74, 6) is 0.243. The Labute approximate surface area is 181 Å². The second-order valence-corrected chi connectivity index (χ2v) is 7.44. The van der Waals surface area contributed by atoms with Gasteiger partial charge in [0.25, 0.3) is 5.91 Å². The fourth-order valence-electron chi connectivity index (χ4n) is 2.39. The maximum Gasteiger partial charge on any atom is 0.272 e. The van der Waals surface area contributed by atoms with Crippen LogP contribution < -0.4 is 10.2 Å². The molecule has 0 bridgehead atoms. The van der Waals surface area contributed by atoms with Crippen molar-refractivity contribution in [3.8, 4) is 5.75 Å². The summed E-state index contributed by atoms with van der Waals surface area (Å²) in [5.41, 5.74) is 4.48. The van der Waals surface area contributed by atoms with Crippen LogP contribution in [-0.2, 0) is 6.61 Å². The molecule has 3 aromatic rings. The third kappa shape index (κ3) is 5.35. The molecule has 0 aliphatic carbocycles. The molecule has 1 amide bonds. The van der Waals surface area contributed by atoms with Crippen molar-refractivity contribution in [2.45, 2.75) is 6.61 Å². The summed E-state index contributed by atoms with van der Waals surface area (Å²) < 4.78 is 6.55. The number of benzene rings is 3. The molecule has 28 heavy (non-hydrogen) atoms. The van der Waals surface area contributed by atoms with Gasteiger partial charge in [0, 0.05) is 25.6 Å². The first-order valence-corrected chi connectivity index (χ1v) is 9.83. The van der Waals surface area contributed by atoms with Gasteiger partial charge in [-0.2, -0.15) is 5.10 Å². The van der Waals surface area contributed by atoms with E-state index >= 15 is 0 Å². The fourth-order valence-corrected chi connectivity index (χ4v) is 3.22. The average molecular weight is 478 g/mol. The summed E-state index contributed by atoms with van der Waals surface area (Å²) in [6.07, 6.45) is 1.49. The summed E-state index contributed by atoms with van der Waals surface area (Å²) in [6, 6.07) is 19.7. The van der Waals surface area contributed by atoms with Crippen molar-refractivity contribution in [3.05, 3.63) is 97.9 Å². The van der Waals surface area contributed by atoms with Gasteiger partial charge in [0.15, 0.2) is 0 Å². The Morgan fingerprint density at radius 3 is 2.61 bits per heavy atom. The molecular weight excluding hydrogens is 463 g/mol. The molecular formula is C21H15BrCl2N2O2. The van der Waals surface area contributed by atoms with Gasteiger partial charge < -0.3 is 4.74 Å². The van der Waals surface area contributed by atoms with Gasteiger partial charge in [0.05, 0.1) is 11.8 Å². The first-order chi connectivity index (χ1) is 13.5. The zero-order valence-electron chi connectivity index (χ0n) is 14.5. The summed E-state index contributed by atoms with van der Waals surface area (Å²) in [5, 5.41) is 5.19. The van der Waals surface area contributed by atoms with E-state index in [9.17, 15) is 4.79 Å². The van der Waals surface area contributed by atoms with Gasteiger partial charge in [0.1, 0.15) is 12.4 Å². The Morgan fingerprint density at radius 2 is 1.82 bits per heavy atom. The van der Waals surface area contributed by atoms with Crippen LogP contribution in [0.2, 0.25) is 10.0 Å². The van der Waals surface area contributed by atoms with Crippen molar-refractivity contribution >= 4 is 51.3 Å². The number of carbonyl (C=O) groups excluding carboxylic acids is 1. The van der Waals surface area contributed by atoms with Crippen molar-refractivity contribution in [2.75, 3.05) is 0 Å². The van der Waals surface area contributed by atoms with Crippen molar-refractivity contribution < 1.29 is 9.53 Å². The second kappa shape index (κ2) is 9.73. The topological polar surface area (TPSA) is 50.7 Å². The third-order valence-electron chi connectivity index (χ3n) is 3.80. The molecule has 0 aliphatic heterocycles. The summed E-state index contributed by atoms with van der Waals surface area (Å²) in [4.78, 5) is 12.2. The molecule has 0 saturated heterocycles. The third-order valence-corrected chi connectivity index (χ3v) is 5.10. The molecule has 4 nitrogen and oxygen atoms in total. The number of halogens is 3. The van der Waals surface area contributed by atoms with Gasteiger partial charge in [-0.05, 0) is 52.3 Å². The molecule has 0 radical (unpaired) electrons. The van der Waals surface area contributed by atoms with E-state index in [0.29, 0.717) is 38.0 Å². The number of rotatable bonds is 6. The lowest BCUT2D eigenvalue weighted by molar-refractivity contribution is 0.0954. The first kappa shape index (κ1) is 20.4. The Bertz CT molecular complexity index is 1020. The van der Waals surface area contributed by atoms with E-state index in [1.807, 2.05) is 30.3 Å². The number of hydrogen-bond acceptors (Lipinski definition) is 3. The van der Waals surface area contributed by atoms with E-state index in [1.165, 1.54) is 6.21 Å². The predicted molar refractivity (Wildman–Crippen MR) is 116 cm³/mol. The highest BCUT2D eigenvalue weighted by Crippen LogP contribution is 2.24. The molecule has 0 saturated carbocycles. The SMILES string of the molecule is O=C(N/N=C\c1cc(Cl)ccc1OCc1ccccc1Cl)c1ccccc1Br. The molecule has 0 fully saturated rings. The smallest absolute Gasteiger partial charge is 0.272 e. The van der Waals surface area contributed by atoms with Crippen LogP contribution in [0.1, 0.15) is 21.5 Å². The highest BCUT2D eigenvalue weighted by atomic mass is 79.9. The van der Waals surface area contributed by atoms with Gasteiger partial charge in [-0.3, -0.25) is 4.79 Å². The molecule has 0 atom stereocenters. The largest absolute Gasteiger partial charge is 0.488 e. The minimum atomic E-state index is -0.329. The molecule has 0 aromatic heterocycles. The molecule has 0 unspecified atom stereocenters. The maximum atomic E-state index is 12.2. The van der Waals surface area contributed by atoms with Crippen molar-refractivity contribution in [1.29, 1.82) is 0 Å². The number of carbonyl (C=O) groups is 1. The molecule has 0 aliphatic rings. The van der Waals surface area contributed by atoms with Gasteiger partial charge in [-0.1, -0.05) is 53.5 Å². The van der Waals surface area contributed by atoms with Crippen LogP contribution in [0, 0.1) is 0 Å². The minimum Gasteiger partial charge on any atom is -0.488 e. The normalized spacial score (nSPS) is 10.8. The molecule has 0 spiro atoms. The van der Waals surface area contributed by atoms with Crippen molar-refractivity contribution in [1.82, 2.24) is 5.43 Å². The number of hydrazone groups is 1.